The van der Waals surface area contributed by atoms with Gasteiger partial charge in [-0.3, -0.25) is 0 Å². The minimum atomic E-state index is 0.240. The Balaban J connectivity index is 0.000000391. The Bertz CT molecular complexity index is 921. The van der Waals surface area contributed by atoms with E-state index in [1.54, 1.807) is 0 Å². The number of nitrogens with one attached hydrogen (secondary N) is 1. The first-order valence-corrected chi connectivity index (χ1v) is 9.79. The molecular formula is C24H30N4. The molecule has 1 N–H and O–H groups in total. The quantitative estimate of drug-likeness (QED) is 0.635. The first-order valence-electron chi connectivity index (χ1n) is 9.79. The molecular weight excluding hydrogens is 344 g/mol. The number of aromatic amines is 1. The number of fused-ring (bicyclic) bond motifs is 1. The Morgan fingerprint density at radius 3 is 2.07 bits per heavy atom. The van der Waals surface area contributed by atoms with Crippen LogP contribution in [0.15, 0.2) is 55.4 Å². The van der Waals surface area contributed by atoms with Crippen molar-refractivity contribution in [1.82, 2.24) is 20.6 Å². The summed E-state index contributed by atoms with van der Waals surface area (Å²) in [7, 11) is 0. The third-order valence-electron chi connectivity index (χ3n) is 5.91. The van der Waals surface area contributed by atoms with Crippen molar-refractivity contribution in [3.05, 3.63) is 83.2 Å². The summed E-state index contributed by atoms with van der Waals surface area (Å²) in [4.78, 5) is 0. The van der Waals surface area contributed by atoms with Gasteiger partial charge in [-0.15, -0.1) is 10.2 Å². The fourth-order valence-corrected chi connectivity index (χ4v) is 3.97. The van der Waals surface area contributed by atoms with E-state index in [-0.39, 0.29) is 10.8 Å². The topological polar surface area (TPSA) is 54.5 Å². The lowest BCUT2D eigenvalue weighted by molar-refractivity contribution is 0.331. The average Bonchev–Trinajstić information content (AvgIpc) is 3.26. The molecule has 1 heterocycles. The van der Waals surface area contributed by atoms with Crippen LogP contribution in [0.25, 0.3) is 5.57 Å². The van der Waals surface area contributed by atoms with E-state index < -0.39 is 0 Å². The van der Waals surface area contributed by atoms with Crippen LogP contribution in [0.5, 0.6) is 0 Å². The number of tetrazole rings is 1. The summed E-state index contributed by atoms with van der Waals surface area (Å²) < 4.78 is 0. The largest absolute Gasteiger partial charge is 0.177 e. The maximum Gasteiger partial charge on any atom is 0.161 e. The average molecular weight is 375 g/mol. The molecule has 4 nitrogen and oxygen atoms in total. The van der Waals surface area contributed by atoms with Gasteiger partial charge in [0.05, 0.1) is 0 Å². The second-order valence-corrected chi connectivity index (χ2v) is 8.89. The molecule has 146 valence electrons. The Morgan fingerprint density at radius 1 is 0.964 bits per heavy atom. The Hall–Kier alpha value is -2.75. The molecule has 0 aliphatic heterocycles. The van der Waals surface area contributed by atoms with Gasteiger partial charge in [0.25, 0.3) is 0 Å². The van der Waals surface area contributed by atoms with Crippen LogP contribution in [0.1, 0.15) is 68.4 Å². The lowest BCUT2D eigenvalue weighted by Crippen LogP contribution is -2.34. The van der Waals surface area contributed by atoms with E-state index >= 15 is 0 Å². The minimum absolute atomic E-state index is 0.240. The van der Waals surface area contributed by atoms with Gasteiger partial charge in [-0.25, -0.2) is 0 Å². The zero-order valence-corrected chi connectivity index (χ0v) is 17.6. The van der Waals surface area contributed by atoms with E-state index in [1.165, 1.54) is 47.0 Å². The van der Waals surface area contributed by atoms with Gasteiger partial charge >= 0.3 is 0 Å². The van der Waals surface area contributed by atoms with Gasteiger partial charge in [0.1, 0.15) is 0 Å². The predicted octanol–water partition coefficient (Wildman–Crippen LogP) is 5.61. The molecule has 0 atom stereocenters. The zero-order valence-electron chi connectivity index (χ0n) is 17.6. The predicted molar refractivity (Wildman–Crippen MR) is 115 cm³/mol. The number of nitrogens with zero attached hydrogens (tertiary/aromatic N) is 3. The van der Waals surface area contributed by atoms with E-state index in [0.29, 0.717) is 0 Å². The van der Waals surface area contributed by atoms with E-state index in [2.05, 4.69) is 104 Å². The van der Waals surface area contributed by atoms with Crippen molar-refractivity contribution in [3.8, 4) is 0 Å². The molecule has 0 amide bonds. The molecule has 1 aromatic heterocycles. The van der Waals surface area contributed by atoms with Gasteiger partial charge in [0.2, 0.25) is 0 Å². The molecule has 3 aromatic rings. The number of aromatic nitrogens is 4. The normalized spacial score (nSPS) is 16.5. The van der Waals surface area contributed by atoms with Gasteiger partial charge in [-0.2, -0.15) is 5.21 Å². The number of aryl methyl sites for hydroxylation is 1. The number of rotatable bonds is 2. The van der Waals surface area contributed by atoms with Crippen LogP contribution in [0, 0.1) is 6.92 Å². The van der Waals surface area contributed by atoms with Gasteiger partial charge in [-0.1, -0.05) is 82.0 Å². The molecule has 1 aliphatic carbocycles. The van der Waals surface area contributed by atoms with Crippen LogP contribution in [0.2, 0.25) is 0 Å². The van der Waals surface area contributed by atoms with Gasteiger partial charge in [0, 0.05) is 0 Å². The maximum atomic E-state index is 4.39. The molecule has 0 saturated heterocycles. The second kappa shape index (κ2) is 7.70. The van der Waals surface area contributed by atoms with Crippen LogP contribution in [0.3, 0.4) is 0 Å². The smallest absolute Gasteiger partial charge is 0.161 e. The molecule has 0 spiro atoms. The second-order valence-electron chi connectivity index (χ2n) is 8.89. The van der Waals surface area contributed by atoms with E-state index in [4.69, 9.17) is 0 Å². The maximum absolute atomic E-state index is 4.39. The summed E-state index contributed by atoms with van der Waals surface area (Å²) in [6.07, 6.45) is 3.83. The highest BCUT2D eigenvalue weighted by molar-refractivity contribution is 5.80. The van der Waals surface area contributed by atoms with Crippen LogP contribution in [-0.2, 0) is 10.8 Å². The Kier molecular flexibility index (Phi) is 5.50. The Morgan fingerprint density at radius 2 is 1.57 bits per heavy atom. The first-order chi connectivity index (χ1) is 13.2. The molecule has 0 saturated carbocycles. The molecule has 0 fully saturated rings. The van der Waals surface area contributed by atoms with E-state index in [9.17, 15) is 0 Å². The Labute approximate surface area is 168 Å². The van der Waals surface area contributed by atoms with Crippen molar-refractivity contribution in [3.63, 3.8) is 0 Å². The third-order valence-corrected chi connectivity index (χ3v) is 5.91. The number of H-pyrrole nitrogens is 1. The van der Waals surface area contributed by atoms with E-state index in [1.807, 2.05) is 0 Å². The summed E-state index contributed by atoms with van der Waals surface area (Å²) in [6.45, 7) is 16.1. The number of hydrogen-bond acceptors (Lipinski definition) is 3. The summed E-state index contributed by atoms with van der Waals surface area (Å²) in [5.41, 5.74) is 8.51. The molecule has 2 aromatic carbocycles. The summed E-state index contributed by atoms with van der Waals surface area (Å²) in [5, 5.41) is 12.2. The fraction of sp³-hybridized carbons (Fsp3) is 0.375. The van der Waals surface area contributed by atoms with Gasteiger partial charge < -0.3 is 0 Å². The number of benzene rings is 2. The summed E-state index contributed by atoms with van der Waals surface area (Å²) in [6, 6.07) is 15.4. The molecule has 0 unspecified atom stereocenters. The van der Waals surface area contributed by atoms with Crippen LogP contribution >= 0.6 is 0 Å². The minimum Gasteiger partial charge on any atom is -0.177 e. The molecule has 4 rings (SSSR count). The van der Waals surface area contributed by atoms with Crippen molar-refractivity contribution >= 4 is 5.57 Å². The summed E-state index contributed by atoms with van der Waals surface area (Å²) in [5.74, 6) is 0. The first kappa shape index (κ1) is 20.0. The molecule has 4 heteroatoms. The monoisotopic (exact) mass is 374 g/mol. The van der Waals surface area contributed by atoms with Crippen molar-refractivity contribution < 1.29 is 0 Å². The van der Waals surface area contributed by atoms with Crippen LogP contribution in [0.4, 0.5) is 0 Å². The lowest BCUT2D eigenvalue weighted by atomic mass is 9.62. The molecule has 1 aliphatic rings. The molecule has 28 heavy (non-hydrogen) atoms. The van der Waals surface area contributed by atoms with Crippen LogP contribution < -0.4 is 0 Å². The van der Waals surface area contributed by atoms with Crippen molar-refractivity contribution in [2.75, 3.05) is 0 Å². The zero-order chi connectivity index (χ0) is 20.4. The number of hydrogen-bond donors (Lipinski definition) is 1. The third kappa shape index (κ3) is 4.06. The SMILES string of the molecule is C=C(c1ccccc1)c1cc2c(cc1C)C(C)(C)CCC2(C)C.c1nn[nH]n1. The molecule has 0 radical (unpaired) electrons. The highest BCUT2D eigenvalue weighted by Crippen LogP contribution is 2.47. The van der Waals surface area contributed by atoms with Crippen molar-refractivity contribution in [1.29, 1.82) is 0 Å². The highest BCUT2D eigenvalue weighted by atomic mass is 15.5. The summed E-state index contributed by atoms with van der Waals surface area (Å²) >= 11 is 0. The molecule has 0 bridgehead atoms. The van der Waals surface area contributed by atoms with Gasteiger partial charge in [0.15, 0.2) is 6.33 Å². The highest BCUT2D eigenvalue weighted by Gasteiger charge is 2.37. The van der Waals surface area contributed by atoms with E-state index in [0.717, 1.165) is 5.57 Å². The standard InChI is InChI=1S/C23H28.CH2N4/c1-16-14-20-21(23(5,6)13-12-22(20,3)4)15-19(16)17(2)18-10-8-7-9-11-18;1-2-4-5-3-1/h7-11,14-15H,2,12-13H2,1,3-6H3;1H,(H,2,3,4,5). The fourth-order valence-electron chi connectivity index (χ4n) is 3.97. The van der Waals surface area contributed by atoms with Gasteiger partial charge in [-0.05, 0) is 64.0 Å². The van der Waals surface area contributed by atoms with Crippen molar-refractivity contribution in [2.45, 2.75) is 58.3 Å². The van der Waals surface area contributed by atoms with Crippen molar-refractivity contribution in [2.24, 2.45) is 0 Å². The lowest BCUT2D eigenvalue weighted by Gasteiger charge is -2.42. The van der Waals surface area contributed by atoms with Crippen LogP contribution in [-0.4, -0.2) is 20.6 Å².